The second-order valence-electron chi connectivity index (χ2n) is 4.09. The lowest BCUT2D eigenvalue weighted by molar-refractivity contribution is 0.422. The van der Waals surface area contributed by atoms with Crippen LogP contribution < -0.4 is 0 Å². The van der Waals surface area contributed by atoms with Gasteiger partial charge in [-0.1, -0.05) is 60.7 Å². The van der Waals surface area contributed by atoms with Crippen molar-refractivity contribution in [2.24, 2.45) is 0 Å². The molecule has 0 aliphatic carbocycles. The van der Waals surface area contributed by atoms with Crippen molar-refractivity contribution in [2.45, 2.75) is 13.1 Å². The minimum atomic E-state index is 0.516. The van der Waals surface area contributed by atoms with Gasteiger partial charge in [-0.2, -0.15) is 0 Å². The molecule has 0 saturated heterocycles. The average Bonchev–Trinajstić information content (AvgIpc) is 2.40. The number of nitrogens with zero attached hydrogens (tertiary/aromatic N) is 1. The minimum Gasteiger partial charge on any atom is -0.345 e. The monoisotopic (exact) mass is 272 g/mol. The first-order valence-electron chi connectivity index (χ1n) is 5.79. The Kier molecular flexibility index (Phi) is 4.67. The largest absolute Gasteiger partial charge is 0.345 e. The summed E-state index contributed by atoms with van der Waals surface area (Å²) in [6.07, 6.45) is 0. The van der Waals surface area contributed by atoms with Crippen molar-refractivity contribution in [3.8, 4) is 0 Å². The Bertz CT molecular complexity index is 455. The standard InChI is InChI=1S/C15H14NS2/c17-15(18)16(11-13-7-3-1-4-8-13)12-14-9-5-2-6-10-14/h1-10H,11-12H2. The molecule has 3 heteroatoms. The fourth-order valence-electron chi connectivity index (χ4n) is 1.79. The molecule has 0 unspecified atom stereocenters. The summed E-state index contributed by atoms with van der Waals surface area (Å²) < 4.78 is 0.516. The van der Waals surface area contributed by atoms with Crippen molar-refractivity contribution >= 4 is 29.2 Å². The lowest BCUT2D eigenvalue weighted by atomic mass is 10.2. The zero-order valence-electron chi connectivity index (χ0n) is 9.95. The molecule has 2 rings (SSSR count). The Balaban J connectivity index is 2.08. The molecule has 0 aliphatic heterocycles. The van der Waals surface area contributed by atoms with Crippen molar-refractivity contribution in [2.75, 3.05) is 0 Å². The van der Waals surface area contributed by atoms with Crippen molar-refractivity contribution in [1.82, 2.24) is 4.90 Å². The average molecular weight is 272 g/mol. The maximum Gasteiger partial charge on any atom is 0.167 e. The van der Waals surface area contributed by atoms with Crippen LogP contribution in [0.2, 0.25) is 0 Å². The molecule has 0 N–H and O–H groups in total. The minimum absolute atomic E-state index is 0.516. The number of thiocarbonyl (C=S) groups is 1. The van der Waals surface area contributed by atoms with Gasteiger partial charge in [0.05, 0.1) is 0 Å². The molecule has 0 atom stereocenters. The third kappa shape index (κ3) is 3.79. The van der Waals surface area contributed by atoms with Crippen LogP contribution >= 0.6 is 24.8 Å². The molecule has 1 nitrogen and oxygen atoms in total. The Morgan fingerprint density at radius 2 is 1.17 bits per heavy atom. The van der Waals surface area contributed by atoms with Crippen molar-refractivity contribution in [3.63, 3.8) is 0 Å². The summed E-state index contributed by atoms with van der Waals surface area (Å²) in [6, 6.07) is 20.5. The molecule has 0 heterocycles. The first-order chi connectivity index (χ1) is 8.75. The van der Waals surface area contributed by atoms with Crippen LogP contribution in [-0.2, 0) is 13.1 Å². The van der Waals surface area contributed by atoms with Gasteiger partial charge in [0, 0.05) is 13.1 Å². The van der Waals surface area contributed by atoms with Crippen molar-refractivity contribution in [3.05, 3.63) is 71.8 Å². The SMILES string of the molecule is [S]C(=S)N(Cc1ccccc1)Cc1ccccc1. The molecule has 2 aromatic rings. The summed E-state index contributed by atoms with van der Waals surface area (Å²) >= 11 is 10.3. The van der Waals surface area contributed by atoms with E-state index in [0.717, 1.165) is 13.1 Å². The third-order valence-corrected chi connectivity index (χ3v) is 3.21. The van der Waals surface area contributed by atoms with Gasteiger partial charge in [-0.15, -0.1) is 0 Å². The van der Waals surface area contributed by atoms with E-state index in [4.69, 9.17) is 24.8 Å². The van der Waals surface area contributed by atoms with E-state index < -0.39 is 0 Å². The fourth-order valence-corrected chi connectivity index (χ4v) is 2.05. The fraction of sp³-hybridized carbons (Fsp3) is 0.133. The second-order valence-corrected chi connectivity index (χ2v) is 5.12. The number of hydrogen-bond donors (Lipinski definition) is 0. The molecule has 0 bridgehead atoms. The number of hydrogen-bond acceptors (Lipinski definition) is 1. The van der Waals surface area contributed by atoms with E-state index in [9.17, 15) is 0 Å². The van der Waals surface area contributed by atoms with E-state index in [0.29, 0.717) is 4.32 Å². The highest BCUT2D eigenvalue weighted by atomic mass is 32.1. The normalized spacial score (nSPS) is 10.0. The molecule has 0 fully saturated rings. The topological polar surface area (TPSA) is 3.24 Å². The predicted octanol–water partition coefficient (Wildman–Crippen LogP) is 4.17. The van der Waals surface area contributed by atoms with Crippen LogP contribution in [0.25, 0.3) is 0 Å². The molecule has 1 radical (unpaired) electrons. The summed E-state index contributed by atoms with van der Waals surface area (Å²) in [5, 5.41) is 0. The Morgan fingerprint density at radius 1 is 0.778 bits per heavy atom. The van der Waals surface area contributed by atoms with Gasteiger partial charge in [-0.25, -0.2) is 0 Å². The van der Waals surface area contributed by atoms with E-state index >= 15 is 0 Å². The van der Waals surface area contributed by atoms with Crippen LogP contribution in [0.4, 0.5) is 0 Å². The second kappa shape index (κ2) is 6.47. The van der Waals surface area contributed by atoms with Crippen LogP contribution in [-0.4, -0.2) is 9.22 Å². The van der Waals surface area contributed by atoms with Gasteiger partial charge in [0.25, 0.3) is 0 Å². The summed E-state index contributed by atoms with van der Waals surface area (Å²) in [4.78, 5) is 2.04. The maximum absolute atomic E-state index is 5.16. The Morgan fingerprint density at radius 3 is 1.50 bits per heavy atom. The summed E-state index contributed by atoms with van der Waals surface area (Å²) in [6.45, 7) is 1.52. The van der Waals surface area contributed by atoms with Crippen LogP contribution in [0, 0.1) is 0 Å². The van der Waals surface area contributed by atoms with Gasteiger partial charge in [0.1, 0.15) is 0 Å². The van der Waals surface area contributed by atoms with Gasteiger partial charge >= 0.3 is 0 Å². The van der Waals surface area contributed by atoms with Crippen LogP contribution in [0.5, 0.6) is 0 Å². The lowest BCUT2D eigenvalue weighted by Crippen LogP contribution is -2.24. The molecule has 91 valence electrons. The van der Waals surface area contributed by atoms with E-state index in [1.165, 1.54) is 11.1 Å². The van der Waals surface area contributed by atoms with Gasteiger partial charge < -0.3 is 4.90 Å². The summed E-state index contributed by atoms with van der Waals surface area (Å²) in [7, 11) is 0. The molecule has 2 aromatic carbocycles. The van der Waals surface area contributed by atoms with E-state index in [2.05, 4.69) is 24.3 Å². The van der Waals surface area contributed by atoms with E-state index in [1.54, 1.807) is 0 Å². The highest BCUT2D eigenvalue weighted by molar-refractivity contribution is 8.10. The zero-order chi connectivity index (χ0) is 12.8. The van der Waals surface area contributed by atoms with Crippen LogP contribution in [0.1, 0.15) is 11.1 Å². The van der Waals surface area contributed by atoms with Crippen molar-refractivity contribution in [1.29, 1.82) is 0 Å². The third-order valence-electron chi connectivity index (χ3n) is 2.69. The predicted molar refractivity (Wildman–Crippen MR) is 82.3 cm³/mol. The van der Waals surface area contributed by atoms with Crippen LogP contribution in [0.15, 0.2) is 60.7 Å². The summed E-state index contributed by atoms with van der Waals surface area (Å²) in [5.41, 5.74) is 2.45. The van der Waals surface area contributed by atoms with Crippen molar-refractivity contribution < 1.29 is 0 Å². The molecule has 0 spiro atoms. The molecule has 0 aliphatic rings. The zero-order valence-corrected chi connectivity index (χ0v) is 11.6. The van der Waals surface area contributed by atoms with Crippen LogP contribution in [0.3, 0.4) is 0 Å². The smallest absolute Gasteiger partial charge is 0.167 e. The highest BCUT2D eigenvalue weighted by Gasteiger charge is 2.08. The van der Waals surface area contributed by atoms with Gasteiger partial charge in [-0.05, 0) is 36.0 Å². The van der Waals surface area contributed by atoms with E-state index in [1.807, 2.05) is 41.3 Å². The molecular weight excluding hydrogens is 258 g/mol. The Labute approximate surface area is 119 Å². The first kappa shape index (κ1) is 13.0. The molecule has 0 amide bonds. The quantitative estimate of drug-likeness (QED) is 0.768. The number of benzene rings is 2. The Hall–Kier alpha value is -1.45. The molecule has 0 aromatic heterocycles. The molecule has 0 saturated carbocycles. The van der Waals surface area contributed by atoms with Gasteiger partial charge in [0.15, 0.2) is 4.32 Å². The summed E-state index contributed by atoms with van der Waals surface area (Å²) in [5.74, 6) is 0. The van der Waals surface area contributed by atoms with Gasteiger partial charge in [-0.3, -0.25) is 0 Å². The molecular formula is C15H14NS2. The first-order valence-corrected chi connectivity index (χ1v) is 6.61. The maximum atomic E-state index is 5.16. The van der Waals surface area contributed by atoms with Gasteiger partial charge in [0.2, 0.25) is 0 Å². The molecule has 18 heavy (non-hydrogen) atoms. The highest BCUT2D eigenvalue weighted by Crippen LogP contribution is 2.12. The number of rotatable bonds is 4. The lowest BCUT2D eigenvalue weighted by Gasteiger charge is -2.22. The van der Waals surface area contributed by atoms with E-state index in [-0.39, 0.29) is 0 Å².